The number of likely N-dealkylation sites (tertiary alicyclic amines) is 1. The Labute approximate surface area is 216 Å². The van der Waals surface area contributed by atoms with Crippen LogP contribution in [0.15, 0.2) is 34.2 Å². The van der Waals surface area contributed by atoms with Gasteiger partial charge in [0.1, 0.15) is 18.1 Å². The molecule has 1 saturated heterocycles. The third kappa shape index (κ3) is 6.05. The zero-order valence-corrected chi connectivity index (χ0v) is 21.3. The van der Waals surface area contributed by atoms with Crippen molar-refractivity contribution in [2.45, 2.75) is 28.9 Å². The van der Waals surface area contributed by atoms with Crippen LogP contribution in [0.4, 0.5) is 23.2 Å². The van der Waals surface area contributed by atoms with E-state index in [0.717, 1.165) is 4.90 Å². The minimum Gasteiger partial charge on any atom is -0.593 e. The van der Waals surface area contributed by atoms with Gasteiger partial charge in [0, 0.05) is 37.5 Å². The summed E-state index contributed by atoms with van der Waals surface area (Å²) in [5, 5.41) is 4.29. The fourth-order valence-electron chi connectivity index (χ4n) is 4.15. The number of carbonyl (C=O) groups excluding carboxylic acids is 3. The fourth-order valence-corrected chi connectivity index (χ4v) is 7.03. The first-order chi connectivity index (χ1) is 17.3. The number of anilines is 1. The molecule has 0 aliphatic carbocycles. The average Bonchev–Trinajstić information content (AvgIpc) is 3.36. The summed E-state index contributed by atoms with van der Waals surface area (Å²) in [5.74, 6) is -3.25. The van der Waals surface area contributed by atoms with Gasteiger partial charge in [-0.3, -0.25) is 14.4 Å². The fraction of sp³-hybridized carbons (Fsp3) is 0.409. The molecule has 1 fully saturated rings. The number of amides is 3. The van der Waals surface area contributed by atoms with Gasteiger partial charge in [-0.25, -0.2) is 4.39 Å². The van der Waals surface area contributed by atoms with E-state index in [1.165, 1.54) is 30.0 Å². The molecule has 0 radical (unpaired) electrons. The predicted molar refractivity (Wildman–Crippen MR) is 128 cm³/mol. The molecule has 0 spiro atoms. The van der Waals surface area contributed by atoms with E-state index in [4.69, 9.17) is 0 Å². The normalized spacial score (nSPS) is 21.5. The largest absolute Gasteiger partial charge is 0.593 e. The molecular formula is C22H23F4N5O4S2. The molecule has 2 aliphatic rings. The van der Waals surface area contributed by atoms with Crippen LogP contribution >= 0.6 is 11.8 Å². The quantitative estimate of drug-likeness (QED) is 0.300. The highest BCUT2D eigenvalue weighted by Crippen LogP contribution is 2.38. The van der Waals surface area contributed by atoms with Crippen molar-refractivity contribution in [1.29, 1.82) is 0 Å². The Morgan fingerprint density at radius 2 is 2.00 bits per heavy atom. The first-order valence-corrected chi connectivity index (χ1v) is 13.2. The van der Waals surface area contributed by atoms with Crippen molar-refractivity contribution in [1.82, 2.24) is 19.5 Å². The van der Waals surface area contributed by atoms with Gasteiger partial charge in [0.25, 0.3) is 5.91 Å². The number of nitrogens with one attached hydrogen (secondary N) is 3. The predicted octanol–water partition coefficient (Wildman–Crippen LogP) is 1.95. The number of hydrogen-bond acceptors (Lipinski definition) is 6. The van der Waals surface area contributed by atoms with E-state index in [-0.39, 0.29) is 24.7 Å². The molecule has 200 valence electrons. The van der Waals surface area contributed by atoms with Crippen molar-refractivity contribution >= 4 is 46.5 Å². The van der Waals surface area contributed by atoms with E-state index in [1.54, 1.807) is 30.1 Å². The second-order valence-corrected chi connectivity index (χ2v) is 11.0. The van der Waals surface area contributed by atoms with Crippen LogP contribution in [0.25, 0.3) is 0 Å². The average molecular weight is 562 g/mol. The monoisotopic (exact) mass is 561 g/mol. The van der Waals surface area contributed by atoms with Crippen molar-refractivity contribution in [2.24, 2.45) is 13.0 Å². The lowest BCUT2D eigenvalue weighted by Gasteiger charge is -2.23. The zero-order chi connectivity index (χ0) is 27.1. The van der Waals surface area contributed by atoms with Gasteiger partial charge in [-0.05, 0) is 30.7 Å². The molecule has 3 amide bonds. The molecule has 4 rings (SSSR count). The molecule has 0 saturated carbocycles. The highest BCUT2D eigenvalue weighted by molar-refractivity contribution is 8.00. The maximum atomic E-state index is 13.6. The van der Waals surface area contributed by atoms with Crippen LogP contribution in [0.3, 0.4) is 0 Å². The smallest absolute Gasteiger partial charge is 0.405 e. The molecule has 2 aromatic rings. The number of nitrogens with zero attached hydrogens (tertiary/aromatic N) is 2. The SMILES string of the molecule is Cc1cc(NC(=O)c2c3c(cn2C)[S+]([O-])NC2CN(C(=O)C(=O)NCC(F)(F)F)C[C@H]2CS3)ccc1F. The molecule has 1 aromatic carbocycles. The summed E-state index contributed by atoms with van der Waals surface area (Å²) in [7, 11) is 1.63. The third-order valence-electron chi connectivity index (χ3n) is 6.01. The number of alkyl halides is 3. The van der Waals surface area contributed by atoms with Gasteiger partial charge in [-0.15, -0.1) is 16.5 Å². The van der Waals surface area contributed by atoms with Crippen LogP contribution in [0, 0.1) is 18.7 Å². The summed E-state index contributed by atoms with van der Waals surface area (Å²) in [6, 6.07) is 3.69. The number of fused-ring (bicyclic) bond motifs is 2. The summed E-state index contributed by atoms with van der Waals surface area (Å²) in [6.45, 7) is 0.0155. The number of carbonyl (C=O) groups is 3. The van der Waals surface area contributed by atoms with Crippen molar-refractivity contribution in [2.75, 3.05) is 30.7 Å². The summed E-state index contributed by atoms with van der Waals surface area (Å²) in [6.07, 6.45) is -3.09. The molecule has 2 aliphatic heterocycles. The Bertz CT molecular complexity index is 1240. The standard InChI is InChI=1S/C22H23F4N5O4S2/c1-11-5-13(3-4-14(11)23)28-19(32)17-18-16(8-30(17)2)37(35)29-15-7-31(6-12(15)9-36-18)21(34)20(33)27-10-22(24,25)26/h3-5,8,12,15,29H,6-7,9-10H2,1-2H3,(H,27,33)(H,28,32)/t12-,15?,37?/m0/s1. The Morgan fingerprint density at radius 3 is 2.68 bits per heavy atom. The van der Waals surface area contributed by atoms with Crippen molar-refractivity contribution in [3.63, 3.8) is 0 Å². The first-order valence-electron chi connectivity index (χ1n) is 11.1. The van der Waals surface area contributed by atoms with Gasteiger partial charge < -0.3 is 24.7 Å². The molecule has 3 N–H and O–H groups in total. The maximum Gasteiger partial charge on any atom is 0.405 e. The van der Waals surface area contributed by atoms with E-state index in [9.17, 15) is 36.5 Å². The molecule has 37 heavy (non-hydrogen) atoms. The molecule has 0 bridgehead atoms. The van der Waals surface area contributed by atoms with Gasteiger partial charge in [0.15, 0.2) is 0 Å². The lowest BCUT2D eigenvalue weighted by Crippen LogP contribution is -2.46. The third-order valence-corrected chi connectivity index (χ3v) is 8.66. The van der Waals surface area contributed by atoms with Gasteiger partial charge in [-0.1, -0.05) is 0 Å². The van der Waals surface area contributed by atoms with Gasteiger partial charge >= 0.3 is 18.0 Å². The number of rotatable bonds is 3. The summed E-state index contributed by atoms with van der Waals surface area (Å²) in [5.41, 5.74) is 0.994. The first kappa shape index (κ1) is 27.3. The highest BCUT2D eigenvalue weighted by atomic mass is 32.2. The Balaban J connectivity index is 1.48. The Kier molecular flexibility index (Phi) is 7.78. The second-order valence-electron chi connectivity index (χ2n) is 8.77. The number of thioether (sulfide) groups is 1. The van der Waals surface area contributed by atoms with Crippen LogP contribution in [-0.2, 0) is 28.0 Å². The molecule has 2 unspecified atom stereocenters. The summed E-state index contributed by atoms with van der Waals surface area (Å²) in [4.78, 5) is 39.4. The topological polar surface area (TPSA) is 119 Å². The van der Waals surface area contributed by atoms with E-state index in [2.05, 4.69) is 10.0 Å². The summed E-state index contributed by atoms with van der Waals surface area (Å²) < 4.78 is 68.3. The molecule has 3 atom stereocenters. The number of halogens is 4. The Morgan fingerprint density at radius 1 is 1.27 bits per heavy atom. The maximum absolute atomic E-state index is 13.6. The molecule has 9 nitrogen and oxygen atoms in total. The van der Waals surface area contributed by atoms with Crippen LogP contribution in [0.2, 0.25) is 0 Å². The van der Waals surface area contributed by atoms with E-state index in [0.29, 0.717) is 26.8 Å². The zero-order valence-electron chi connectivity index (χ0n) is 19.6. The second kappa shape index (κ2) is 10.6. The van der Waals surface area contributed by atoms with Crippen LogP contribution < -0.4 is 15.4 Å². The van der Waals surface area contributed by atoms with E-state index < -0.39 is 53.7 Å². The minimum atomic E-state index is -4.65. The van der Waals surface area contributed by atoms with Crippen molar-refractivity contribution in [3.8, 4) is 0 Å². The number of hydrogen-bond donors (Lipinski definition) is 3. The molecule has 1 aromatic heterocycles. The Hall–Kier alpha value is -2.75. The molecular weight excluding hydrogens is 538 g/mol. The van der Waals surface area contributed by atoms with Crippen LogP contribution in [0.5, 0.6) is 0 Å². The van der Waals surface area contributed by atoms with E-state index >= 15 is 0 Å². The number of aromatic nitrogens is 1. The minimum absolute atomic E-state index is 0.00529. The number of aryl methyl sites for hydroxylation is 2. The van der Waals surface area contributed by atoms with E-state index in [1.807, 2.05) is 0 Å². The number of benzene rings is 1. The molecule has 3 heterocycles. The van der Waals surface area contributed by atoms with Crippen LogP contribution in [0.1, 0.15) is 16.1 Å². The lowest BCUT2D eigenvalue weighted by atomic mass is 10.1. The van der Waals surface area contributed by atoms with Crippen LogP contribution in [-0.4, -0.2) is 69.3 Å². The van der Waals surface area contributed by atoms with Crippen molar-refractivity contribution in [3.05, 3.63) is 41.5 Å². The van der Waals surface area contributed by atoms with Gasteiger partial charge in [0.05, 0.1) is 28.5 Å². The summed E-state index contributed by atoms with van der Waals surface area (Å²) >= 11 is -0.507. The van der Waals surface area contributed by atoms with Gasteiger partial charge in [-0.2, -0.15) is 13.2 Å². The van der Waals surface area contributed by atoms with Gasteiger partial charge in [0.2, 0.25) is 4.90 Å². The lowest BCUT2D eigenvalue weighted by molar-refractivity contribution is -0.150. The molecule has 15 heteroatoms. The van der Waals surface area contributed by atoms with Crippen molar-refractivity contribution < 1.29 is 36.5 Å². The highest BCUT2D eigenvalue weighted by Gasteiger charge is 2.43.